The van der Waals surface area contributed by atoms with E-state index in [0.717, 1.165) is 5.56 Å². The number of carbonyl (C=O) groups excluding carboxylic acids is 1. The maximum Gasteiger partial charge on any atom is 0.261 e. The van der Waals surface area contributed by atoms with E-state index in [1.165, 1.54) is 30.3 Å². The van der Waals surface area contributed by atoms with Crippen LogP contribution in [0.1, 0.15) is 21.5 Å². The van der Waals surface area contributed by atoms with Crippen LogP contribution in [0.5, 0.6) is 0 Å². The molecule has 156 valence electrons. The van der Waals surface area contributed by atoms with Gasteiger partial charge < -0.3 is 5.32 Å². The molecule has 3 rings (SSSR count). The molecule has 0 spiro atoms. The third kappa shape index (κ3) is 5.46. The van der Waals surface area contributed by atoms with Crippen molar-refractivity contribution in [3.05, 3.63) is 92.4 Å². The number of anilines is 1. The lowest BCUT2D eigenvalue weighted by Crippen LogP contribution is -2.23. The quantitative estimate of drug-likeness (QED) is 0.473. The molecule has 0 saturated carbocycles. The van der Waals surface area contributed by atoms with Gasteiger partial charge in [-0.3, -0.25) is 9.52 Å². The Morgan fingerprint density at radius 3 is 2.23 bits per heavy atom. The molecular formula is C21H17Cl3N2O3S. The predicted molar refractivity (Wildman–Crippen MR) is 121 cm³/mol. The first-order valence-corrected chi connectivity index (χ1v) is 11.4. The van der Waals surface area contributed by atoms with E-state index >= 15 is 0 Å². The zero-order valence-electron chi connectivity index (χ0n) is 15.7. The molecule has 5 nitrogen and oxygen atoms in total. The average Bonchev–Trinajstić information content (AvgIpc) is 2.67. The van der Waals surface area contributed by atoms with Crippen molar-refractivity contribution < 1.29 is 13.2 Å². The predicted octanol–water partition coefficient (Wildman–Crippen LogP) is 5.69. The molecule has 3 aromatic rings. The average molecular weight is 484 g/mol. The topological polar surface area (TPSA) is 75.3 Å². The fourth-order valence-corrected chi connectivity index (χ4v) is 4.42. The summed E-state index contributed by atoms with van der Waals surface area (Å²) in [6, 6.07) is 15.8. The number of amides is 1. The number of rotatable bonds is 6. The summed E-state index contributed by atoms with van der Waals surface area (Å²) in [5.74, 6) is -0.418. The van der Waals surface area contributed by atoms with Gasteiger partial charge in [0.2, 0.25) is 0 Å². The molecule has 0 aliphatic carbocycles. The van der Waals surface area contributed by atoms with Crippen molar-refractivity contribution in [1.82, 2.24) is 5.32 Å². The first kappa shape index (κ1) is 22.4. The van der Waals surface area contributed by atoms with Crippen LogP contribution in [-0.4, -0.2) is 14.3 Å². The number of halogens is 3. The van der Waals surface area contributed by atoms with Gasteiger partial charge in [0.1, 0.15) is 0 Å². The van der Waals surface area contributed by atoms with E-state index in [-0.39, 0.29) is 27.7 Å². The summed E-state index contributed by atoms with van der Waals surface area (Å²) >= 11 is 18.2. The molecule has 0 aliphatic heterocycles. The van der Waals surface area contributed by atoms with Crippen molar-refractivity contribution in [2.24, 2.45) is 0 Å². The van der Waals surface area contributed by atoms with Gasteiger partial charge in [-0.2, -0.15) is 0 Å². The highest BCUT2D eigenvalue weighted by molar-refractivity contribution is 7.92. The third-order valence-corrected chi connectivity index (χ3v) is 6.55. The molecule has 0 aliphatic rings. The fraction of sp³-hybridized carbons (Fsp3) is 0.0952. The van der Waals surface area contributed by atoms with Crippen molar-refractivity contribution in [2.45, 2.75) is 18.4 Å². The summed E-state index contributed by atoms with van der Waals surface area (Å²) in [5.41, 5.74) is 2.11. The lowest BCUT2D eigenvalue weighted by atomic mass is 10.1. The van der Waals surface area contributed by atoms with Gasteiger partial charge in [0, 0.05) is 16.6 Å². The lowest BCUT2D eigenvalue weighted by molar-refractivity contribution is 0.0951. The Kier molecular flexibility index (Phi) is 6.93. The Morgan fingerprint density at radius 1 is 0.900 bits per heavy atom. The van der Waals surface area contributed by atoms with Gasteiger partial charge in [-0.15, -0.1) is 0 Å². The molecule has 0 aromatic heterocycles. The summed E-state index contributed by atoms with van der Waals surface area (Å²) in [6.07, 6.45) is 0. The Labute approximate surface area is 190 Å². The number of carbonyl (C=O) groups is 1. The van der Waals surface area contributed by atoms with Crippen LogP contribution in [-0.2, 0) is 16.6 Å². The Balaban J connectivity index is 1.71. The minimum Gasteiger partial charge on any atom is -0.348 e. The Bertz CT molecular complexity index is 1200. The summed E-state index contributed by atoms with van der Waals surface area (Å²) in [5, 5.41) is 3.78. The van der Waals surface area contributed by atoms with Gasteiger partial charge in [-0.05, 0) is 55.0 Å². The molecule has 30 heavy (non-hydrogen) atoms. The largest absolute Gasteiger partial charge is 0.348 e. The molecule has 0 saturated heterocycles. The fourth-order valence-electron chi connectivity index (χ4n) is 2.63. The van der Waals surface area contributed by atoms with Gasteiger partial charge in [-0.25, -0.2) is 8.42 Å². The third-order valence-electron chi connectivity index (χ3n) is 4.25. The van der Waals surface area contributed by atoms with Gasteiger partial charge in [0.05, 0.1) is 21.2 Å². The highest BCUT2D eigenvalue weighted by Crippen LogP contribution is 2.24. The Morgan fingerprint density at radius 2 is 1.60 bits per heavy atom. The maximum absolute atomic E-state index is 12.5. The van der Waals surface area contributed by atoms with Gasteiger partial charge >= 0.3 is 0 Å². The molecule has 3 aromatic carbocycles. The van der Waals surface area contributed by atoms with E-state index in [1.807, 2.05) is 6.92 Å². The van der Waals surface area contributed by atoms with E-state index in [9.17, 15) is 13.2 Å². The van der Waals surface area contributed by atoms with Crippen molar-refractivity contribution in [3.63, 3.8) is 0 Å². The molecule has 0 radical (unpaired) electrons. The Hall–Kier alpha value is -2.25. The zero-order chi connectivity index (χ0) is 21.9. The summed E-state index contributed by atoms with van der Waals surface area (Å²) < 4.78 is 27.5. The van der Waals surface area contributed by atoms with Crippen molar-refractivity contribution in [3.8, 4) is 0 Å². The molecule has 0 atom stereocenters. The van der Waals surface area contributed by atoms with E-state index < -0.39 is 15.9 Å². The summed E-state index contributed by atoms with van der Waals surface area (Å²) in [7, 11) is -3.77. The van der Waals surface area contributed by atoms with Gasteiger partial charge in [-0.1, -0.05) is 58.6 Å². The number of benzene rings is 3. The van der Waals surface area contributed by atoms with Crippen LogP contribution in [0.3, 0.4) is 0 Å². The molecule has 0 heterocycles. The van der Waals surface area contributed by atoms with Crippen LogP contribution in [0, 0.1) is 6.92 Å². The first-order valence-electron chi connectivity index (χ1n) is 8.77. The molecule has 0 bridgehead atoms. The monoisotopic (exact) mass is 482 g/mol. The van der Waals surface area contributed by atoms with Crippen LogP contribution < -0.4 is 10.0 Å². The molecular weight excluding hydrogens is 467 g/mol. The van der Waals surface area contributed by atoms with E-state index in [1.54, 1.807) is 30.3 Å². The molecule has 0 fully saturated rings. The summed E-state index contributed by atoms with van der Waals surface area (Å²) in [4.78, 5) is 12.6. The van der Waals surface area contributed by atoms with Crippen LogP contribution >= 0.6 is 34.8 Å². The molecule has 0 unspecified atom stereocenters. The second-order valence-electron chi connectivity index (χ2n) is 6.53. The zero-order valence-corrected chi connectivity index (χ0v) is 18.8. The SMILES string of the molecule is Cc1ccc(S(=O)(=O)Nc2ccc(C(=O)NCc3ccc(Cl)cc3Cl)c(Cl)c2)cc1. The first-order chi connectivity index (χ1) is 14.2. The smallest absolute Gasteiger partial charge is 0.261 e. The number of hydrogen-bond acceptors (Lipinski definition) is 3. The number of hydrogen-bond donors (Lipinski definition) is 2. The second kappa shape index (κ2) is 9.27. The van der Waals surface area contributed by atoms with E-state index in [4.69, 9.17) is 34.8 Å². The normalized spacial score (nSPS) is 11.2. The summed E-state index contributed by atoms with van der Waals surface area (Å²) in [6.45, 7) is 2.06. The van der Waals surface area contributed by atoms with Crippen LogP contribution in [0.25, 0.3) is 0 Å². The van der Waals surface area contributed by atoms with Gasteiger partial charge in [0.25, 0.3) is 15.9 Å². The van der Waals surface area contributed by atoms with E-state index in [2.05, 4.69) is 10.0 Å². The number of nitrogens with one attached hydrogen (secondary N) is 2. The standard InChI is InChI=1S/C21H17Cl3N2O3S/c1-13-2-7-17(8-3-13)30(28,29)26-16-6-9-18(20(24)11-16)21(27)25-12-14-4-5-15(22)10-19(14)23/h2-11,26H,12H2,1H3,(H,25,27). The van der Waals surface area contributed by atoms with Crippen LogP contribution in [0.15, 0.2) is 65.6 Å². The van der Waals surface area contributed by atoms with Crippen LogP contribution in [0.2, 0.25) is 15.1 Å². The van der Waals surface area contributed by atoms with Gasteiger partial charge in [0.15, 0.2) is 0 Å². The molecule has 1 amide bonds. The van der Waals surface area contributed by atoms with Crippen molar-refractivity contribution in [1.29, 1.82) is 0 Å². The highest BCUT2D eigenvalue weighted by Gasteiger charge is 2.16. The minimum atomic E-state index is -3.77. The lowest BCUT2D eigenvalue weighted by Gasteiger charge is -2.11. The van der Waals surface area contributed by atoms with Crippen molar-refractivity contribution >= 4 is 56.4 Å². The maximum atomic E-state index is 12.5. The van der Waals surface area contributed by atoms with Crippen molar-refractivity contribution in [2.75, 3.05) is 4.72 Å². The van der Waals surface area contributed by atoms with Crippen LogP contribution in [0.4, 0.5) is 5.69 Å². The second-order valence-corrected chi connectivity index (χ2v) is 9.46. The van der Waals surface area contributed by atoms with E-state index in [0.29, 0.717) is 15.6 Å². The molecule has 9 heteroatoms. The highest BCUT2D eigenvalue weighted by atomic mass is 35.5. The number of aryl methyl sites for hydroxylation is 1. The minimum absolute atomic E-state index is 0.110. The molecule has 2 N–H and O–H groups in total. The number of sulfonamides is 1.